The Labute approximate surface area is 150 Å². The lowest BCUT2D eigenvalue weighted by Gasteiger charge is -2.00. The fraction of sp³-hybridized carbons (Fsp3) is 0.105. The van der Waals surface area contributed by atoms with Crippen molar-refractivity contribution in [3.8, 4) is 16.3 Å². The van der Waals surface area contributed by atoms with Gasteiger partial charge in [0.25, 0.3) is 5.91 Å². The molecule has 0 aliphatic heterocycles. The van der Waals surface area contributed by atoms with Gasteiger partial charge in [0, 0.05) is 5.56 Å². The first-order valence-electron chi connectivity index (χ1n) is 7.67. The maximum absolute atomic E-state index is 12.3. The highest BCUT2D eigenvalue weighted by atomic mass is 32.1. The number of nitrogens with one attached hydrogen (secondary N) is 1. The first kappa shape index (κ1) is 16.9. The highest BCUT2D eigenvalue weighted by Gasteiger charge is 2.15. The Kier molecular flexibility index (Phi) is 5.20. The highest BCUT2D eigenvalue weighted by Crippen LogP contribution is 2.27. The number of hydrogen-bond acceptors (Lipinski definition) is 5. The maximum atomic E-state index is 12.3. The van der Waals surface area contributed by atoms with Crippen LogP contribution in [0.15, 0.2) is 59.7 Å². The Morgan fingerprint density at radius 1 is 1.20 bits per heavy atom. The van der Waals surface area contributed by atoms with Crippen molar-refractivity contribution in [1.29, 1.82) is 0 Å². The summed E-state index contributed by atoms with van der Waals surface area (Å²) >= 11 is 1.36. The molecular formula is C19H17N3O2S. The standard InChI is InChI=1S/C19H17N3O2S/c1-13-17(25-19(21-13)15-8-4-3-5-9-15)18(23)22-20-12-14-7-6-10-16(11-14)24-2/h3-12H,1-2H3,(H,22,23)/b20-12+. The molecule has 0 radical (unpaired) electrons. The van der Waals surface area contributed by atoms with E-state index >= 15 is 0 Å². The number of hydrogen-bond donors (Lipinski definition) is 1. The monoisotopic (exact) mass is 351 g/mol. The normalized spacial score (nSPS) is 10.8. The SMILES string of the molecule is COc1cccc(/C=N/NC(=O)c2sc(-c3ccccc3)nc2C)c1. The molecule has 1 aromatic heterocycles. The minimum atomic E-state index is -0.267. The Bertz CT molecular complexity index is 904. The van der Waals surface area contributed by atoms with Crippen molar-refractivity contribution in [3.63, 3.8) is 0 Å². The second-order valence-electron chi connectivity index (χ2n) is 5.28. The summed E-state index contributed by atoms with van der Waals surface area (Å²) in [6.45, 7) is 1.82. The van der Waals surface area contributed by atoms with E-state index in [4.69, 9.17) is 4.74 Å². The van der Waals surface area contributed by atoms with Gasteiger partial charge in [-0.15, -0.1) is 11.3 Å². The molecule has 0 spiro atoms. The molecule has 126 valence electrons. The molecule has 0 aliphatic rings. The number of benzene rings is 2. The highest BCUT2D eigenvalue weighted by molar-refractivity contribution is 7.17. The third-order valence-electron chi connectivity index (χ3n) is 3.50. The summed E-state index contributed by atoms with van der Waals surface area (Å²) in [4.78, 5) is 17.4. The van der Waals surface area contributed by atoms with Gasteiger partial charge >= 0.3 is 0 Å². The number of aryl methyl sites for hydroxylation is 1. The summed E-state index contributed by atoms with van der Waals surface area (Å²) < 4.78 is 5.16. The van der Waals surface area contributed by atoms with Gasteiger partial charge in [-0.1, -0.05) is 42.5 Å². The average molecular weight is 351 g/mol. The molecule has 0 atom stereocenters. The van der Waals surface area contributed by atoms with Crippen molar-refractivity contribution in [3.05, 3.63) is 70.7 Å². The van der Waals surface area contributed by atoms with Gasteiger partial charge in [0.15, 0.2) is 0 Å². The number of rotatable bonds is 5. The van der Waals surface area contributed by atoms with Crippen LogP contribution in [0.25, 0.3) is 10.6 Å². The lowest BCUT2D eigenvalue weighted by Crippen LogP contribution is -2.17. The van der Waals surface area contributed by atoms with E-state index in [1.165, 1.54) is 11.3 Å². The molecule has 6 heteroatoms. The summed E-state index contributed by atoms with van der Waals surface area (Å²) in [6.07, 6.45) is 1.58. The molecule has 0 fully saturated rings. The number of amides is 1. The minimum absolute atomic E-state index is 0.267. The second-order valence-corrected chi connectivity index (χ2v) is 6.27. The Morgan fingerprint density at radius 2 is 2.00 bits per heavy atom. The van der Waals surface area contributed by atoms with E-state index in [-0.39, 0.29) is 5.91 Å². The largest absolute Gasteiger partial charge is 0.497 e. The van der Waals surface area contributed by atoms with E-state index in [0.29, 0.717) is 10.6 Å². The smallest absolute Gasteiger partial charge is 0.283 e. The number of nitrogens with zero attached hydrogens (tertiary/aromatic N) is 2. The molecule has 0 saturated heterocycles. The average Bonchev–Trinajstić information content (AvgIpc) is 3.04. The van der Waals surface area contributed by atoms with Crippen LogP contribution in [-0.4, -0.2) is 24.2 Å². The first-order valence-corrected chi connectivity index (χ1v) is 8.49. The first-order chi connectivity index (χ1) is 12.2. The predicted octanol–water partition coefficient (Wildman–Crippen LogP) is 3.89. The van der Waals surface area contributed by atoms with Gasteiger partial charge in [-0.3, -0.25) is 4.79 Å². The molecule has 5 nitrogen and oxygen atoms in total. The second kappa shape index (κ2) is 7.72. The van der Waals surface area contributed by atoms with E-state index in [1.807, 2.05) is 61.5 Å². The van der Waals surface area contributed by atoms with Gasteiger partial charge < -0.3 is 4.74 Å². The Morgan fingerprint density at radius 3 is 2.76 bits per heavy atom. The van der Waals surface area contributed by atoms with Crippen LogP contribution in [0.4, 0.5) is 0 Å². The van der Waals surface area contributed by atoms with E-state index in [0.717, 1.165) is 21.9 Å². The minimum Gasteiger partial charge on any atom is -0.497 e. The zero-order valence-corrected chi connectivity index (χ0v) is 14.7. The van der Waals surface area contributed by atoms with E-state index in [1.54, 1.807) is 13.3 Å². The van der Waals surface area contributed by atoms with Crippen LogP contribution >= 0.6 is 11.3 Å². The molecular weight excluding hydrogens is 334 g/mol. The van der Waals surface area contributed by atoms with E-state index in [9.17, 15) is 4.79 Å². The molecule has 1 heterocycles. The molecule has 0 aliphatic carbocycles. The quantitative estimate of drug-likeness (QED) is 0.560. The molecule has 3 aromatic rings. The third-order valence-corrected chi connectivity index (χ3v) is 4.70. The zero-order chi connectivity index (χ0) is 17.6. The number of carbonyl (C=O) groups excluding carboxylic acids is 1. The van der Waals surface area contributed by atoms with Gasteiger partial charge in [-0.05, 0) is 24.6 Å². The molecule has 1 N–H and O–H groups in total. The van der Waals surface area contributed by atoms with Crippen molar-refractivity contribution < 1.29 is 9.53 Å². The van der Waals surface area contributed by atoms with Crippen LogP contribution in [0, 0.1) is 6.92 Å². The van der Waals surface area contributed by atoms with Gasteiger partial charge in [-0.2, -0.15) is 5.10 Å². The van der Waals surface area contributed by atoms with Crippen molar-refractivity contribution in [2.75, 3.05) is 7.11 Å². The maximum Gasteiger partial charge on any atom is 0.283 e. The van der Waals surface area contributed by atoms with Crippen molar-refractivity contribution >= 4 is 23.5 Å². The number of ether oxygens (including phenoxy) is 1. The Hall–Kier alpha value is -2.99. The molecule has 0 unspecified atom stereocenters. The summed E-state index contributed by atoms with van der Waals surface area (Å²) in [5, 5.41) is 4.83. The fourth-order valence-corrected chi connectivity index (χ4v) is 3.21. The summed E-state index contributed by atoms with van der Waals surface area (Å²) in [7, 11) is 1.61. The number of methoxy groups -OCH3 is 1. The van der Waals surface area contributed by atoms with Gasteiger partial charge in [0.05, 0.1) is 19.0 Å². The van der Waals surface area contributed by atoms with Crippen LogP contribution in [0.5, 0.6) is 5.75 Å². The van der Waals surface area contributed by atoms with Crippen LogP contribution < -0.4 is 10.2 Å². The molecule has 2 aromatic carbocycles. The lowest BCUT2D eigenvalue weighted by atomic mass is 10.2. The summed E-state index contributed by atoms with van der Waals surface area (Å²) in [6, 6.07) is 17.2. The van der Waals surface area contributed by atoms with Gasteiger partial charge in [-0.25, -0.2) is 10.4 Å². The zero-order valence-electron chi connectivity index (χ0n) is 13.9. The topological polar surface area (TPSA) is 63.6 Å². The van der Waals surface area contributed by atoms with Crippen LogP contribution in [0.3, 0.4) is 0 Å². The van der Waals surface area contributed by atoms with Crippen LogP contribution in [0.1, 0.15) is 20.9 Å². The molecule has 25 heavy (non-hydrogen) atoms. The van der Waals surface area contributed by atoms with Gasteiger partial charge in [0.1, 0.15) is 15.6 Å². The summed E-state index contributed by atoms with van der Waals surface area (Å²) in [5.74, 6) is 0.470. The lowest BCUT2D eigenvalue weighted by molar-refractivity contribution is 0.0958. The van der Waals surface area contributed by atoms with Crippen LogP contribution in [0.2, 0.25) is 0 Å². The Balaban J connectivity index is 1.71. The molecule has 0 bridgehead atoms. The van der Waals surface area contributed by atoms with Crippen LogP contribution in [-0.2, 0) is 0 Å². The van der Waals surface area contributed by atoms with E-state index < -0.39 is 0 Å². The number of hydrazone groups is 1. The van der Waals surface area contributed by atoms with Gasteiger partial charge in [0.2, 0.25) is 0 Å². The molecule has 3 rings (SSSR count). The van der Waals surface area contributed by atoms with Crippen molar-refractivity contribution in [2.45, 2.75) is 6.92 Å². The van der Waals surface area contributed by atoms with Crippen molar-refractivity contribution in [2.24, 2.45) is 5.10 Å². The fourth-order valence-electron chi connectivity index (χ4n) is 2.25. The predicted molar refractivity (Wildman–Crippen MR) is 100 cm³/mol. The number of carbonyl (C=O) groups is 1. The third kappa shape index (κ3) is 4.10. The molecule has 1 amide bonds. The molecule has 0 saturated carbocycles. The number of thiazole rings is 1. The summed E-state index contributed by atoms with van der Waals surface area (Å²) in [5.41, 5.74) is 5.08. The van der Waals surface area contributed by atoms with Crippen molar-refractivity contribution in [1.82, 2.24) is 10.4 Å². The van der Waals surface area contributed by atoms with E-state index in [2.05, 4.69) is 15.5 Å². The number of aromatic nitrogens is 1.